The van der Waals surface area contributed by atoms with Crippen LogP contribution in [0.25, 0.3) is 0 Å². The molecule has 0 aromatic carbocycles. The molecule has 0 spiro atoms. The van der Waals surface area contributed by atoms with E-state index < -0.39 is 0 Å². The van der Waals surface area contributed by atoms with Crippen molar-refractivity contribution in [2.45, 2.75) is 12.8 Å². The van der Waals surface area contributed by atoms with Gasteiger partial charge in [-0.1, -0.05) is 6.92 Å². The number of hydrogen-bond acceptors (Lipinski definition) is 6. The fraction of sp³-hybridized carbons (Fsp3) is 0.706. The predicted octanol–water partition coefficient (Wildman–Crippen LogP) is 0.820. The summed E-state index contributed by atoms with van der Waals surface area (Å²) in [6, 6.07) is 0. The largest absolute Gasteiger partial charge is 0.379 e. The van der Waals surface area contributed by atoms with Crippen LogP contribution in [0.4, 0.5) is 0 Å². The third-order valence-electron chi connectivity index (χ3n) is 4.14. The van der Waals surface area contributed by atoms with Gasteiger partial charge in [0.05, 0.1) is 18.2 Å². The molecule has 0 saturated carbocycles. The lowest BCUT2D eigenvalue weighted by Gasteiger charge is -2.27. The summed E-state index contributed by atoms with van der Waals surface area (Å²) in [5.74, 6) is 0.926. The second-order valence-corrected chi connectivity index (χ2v) is 7.41. The smallest absolute Gasteiger partial charge is 0.243 e. The van der Waals surface area contributed by atoms with Gasteiger partial charge in [-0.25, -0.2) is 9.98 Å². The van der Waals surface area contributed by atoms with Crippen LogP contribution in [0.3, 0.4) is 0 Å². The van der Waals surface area contributed by atoms with Gasteiger partial charge in [0.2, 0.25) is 5.91 Å². The first kappa shape index (κ1) is 24.1. The van der Waals surface area contributed by atoms with E-state index in [-0.39, 0.29) is 42.3 Å². The number of nitrogens with zero attached hydrogens (tertiary/aromatic N) is 4. The van der Waals surface area contributed by atoms with Gasteiger partial charge in [0.15, 0.2) is 5.96 Å². The Labute approximate surface area is 182 Å². The van der Waals surface area contributed by atoms with Crippen molar-refractivity contribution in [3.63, 3.8) is 0 Å². The molecule has 2 rings (SSSR count). The lowest BCUT2D eigenvalue weighted by Crippen LogP contribution is -2.45. The van der Waals surface area contributed by atoms with Crippen LogP contribution in [0.1, 0.15) is 17.8 Å². The molecule has 154 valence electrons. The number of rotatable bonds is 8. The SMILES string of the molecule is CC(CNC(=NCC(=O)N(C)C)NCCN1CCOCC1)c1nccs1.I. The van der Waals surface area contributed by atoms with E-state index in [2.05, 4.69) is 32.4 Å². The molecule has 1 saturated heterocycles. The van der Waals surface area contributed by atoms with Crippen molar-refractivity contribution in [2.75, 3.05) is 66.6 Å². The number of guanidine groups is 1. The van der Waals surface area contributed by atoms with Gasteiger partial charge in [-0.3, -0.25) is 9.69 Å². The van der Waals surface area contributed by atoms with E-state index in [1.807, 2.05) is 11.6 Å². The molecular weight excluding hydrogens is 479 g/mol. The molecule has 0 aliphatic carbocycles. The third kappa shape index (κ3) is 9.17. The Kier molecular flexibility index (Phi) is 11.8. The van der Waals surface area contributed by atoms with Crippen molar-refractivity contribution in [1.29, 1.82) is 0 Å². The van der Waals surface area contributed by atoms with Crippen molar-refractivity contribution < 1.29 is 9.53 Å². The number of aliphatic imine (C=N–C) groups is 1. The van der Waals surface area contributed by atoms with Crippen molar-refractivity contribution in [2.24, 2.45) is 4.99 Å². The molecule has 2 heterocycles. The minimum Gasteiger partial charge on any atom is -0.379 e. The molecule has 8 nitrogen and oxygen atoms in total. The van der Waals surface area contributed by atoms with E-state index in [1.165, 1.54) is 0 Å². The lowest BCUT2D eigenvalue weighted by atomic mass is 10.2. The zero-order valence-corrected chi connectivity index (χ0v) is 19.5. The van der Waals surface area contributed by atoms with Gasteiger partial charge in [0.25, 0.3) is 0 Å². The number of ether oxygens (including phenoxy) is 1. The van der Waals surface area contributed by atoms with Crippen molar-refractivity contribution >= 4 is 47.2 Å². The lowest BCUT2D eigenvalue weighted by molar-refractivity contribution is -0.127. The highest BCUT2D eigenvalue weighted by atomic mass is 127. The Bertz CT molecular complexity index is 564. The third-order valence-corrected chi connectivity index (χ3v) is 5.15. The summed E-state index contributed by atoms with van der Waals surface area (Å²) < 4.78 is 5.37. The maximum atomic E-state index is 11.8. The zero-order chi connectivity index (χ0) is 18.8. The second kappa shape index (κ2) is 13.2. The van der Waals surface area contributed by atoms with E-state index in [9.17, 15) is 4.79 Å². The summed E-state index contributed by atoms with van der Waals surface area (Å²) >= 11 is 1.65. The van der Waals surface area contributed by atoms with Crippen LogP contribution in [0.2, 0.25) is 0 Å². The Morgan fingerprint density at radius 1 is 1.41 bits per heavy atom. The van der Waals surface area contributed by atoms with Gasteiger partial charge >= 0.3 is 0 Å². The first-order chi connectivity index (χ1) is 12.6. The molecule has 1 fully saturated rings. The number of nitrogens with one attached hydrogen (secondary N) is 2. The molecule has 0 bridgehead atoms. The first-order valence-electron chi connectivity index (χ1n) is 8.98. The van der Waals surface area contributed by atoms with Crippen LogP contribution < -0.4 is 10.6 Å². The number of aromatic nitrogens is 1. The highest BCUT2D eigenvalue weighted by Gasteiger charge is 2.12. The summed E-state index contributed by atoms with van der Waals surface area (Å²) in [6.07, 6.45) is 1.82. The monoisotopic (exact) mass is 510 g/mol. The van der Waals surface area contributed by atoms with Gasteiger partial charge in [0.1, 0.15) is 6.54 Å². The molecule has 1 unspecified atom stereocenters. The van der Waals surface area contributed by atoms with Gasteiger partial charge in [-0.15, -0.1) is 35.3 Å². The van der Waals surface area contributed by atoms with Crippen LogP contribution >= 0.6 is 35.3 Å². The molecule has 2 N–H and O–H groups in total. The fourth-order valence-electron chi connectivity index (χ4n) is 2.43. The van der Waals surface area contributed by atoms with Gasteiger partial charge < -0.3 is 20.3 Å². The quantitative estimate of drug-likeness (QED) is 0.306. The van der Waals surface area contributed by atoms with Crippen LogP contribution in [-0.4, -0.2) is 93.2 Å². The van der Waals surface area contributed by atoms with Crippen LogP contribution in [-0.2, 0) is 9.53 Å². The Morgan fingerprint density at radius 3 is 2.78 bits per heavy atom. The Balaban J connectivity index is 0.00000364. The number of thiazole rings is 1. The van der Waals surface area contributed by atoms with Crippen LogP contribution in [0.15, 0.2) is 16.6 Å². The molecule has 10 heteroatoms. The number of morpholine rings is 1. The van der Waals surface area contributed by atoms with Crippen molar-refractivity contribution in [1.82, 2.24) is 25.4 Å². The Hall–Kier alpha value is -0.980. The van der Waals surface area contributed by atoms with Crippen molar-refractivity contribution in [3.8, 4) is 0 Å². The summed E-state index contributed by atoms with van der Waals surface area (Å²) in [7, 11) is 3.47. The number of amides is 1. The summed E-state index contributed by atoms with van der Waals surface area (Å²) in [6.45, 7) is 8.18. The maximum absolute atomic E-state index is 11.8. The van der Waals surface area contributed by atoms with Crippen LogP contribution in [0.5, 0.6) is 0 Å². The zero-order valence-electron chi connectivity index (χ0n) is 16.3. The van der Waals surface area contributed by atoms with Gasteiger partial charge in [-0.2, -0.15) is 0 Å². The molecular formula is C17H31IN6O2S. The van der Waals surface area contributed by atoms with E-state index in [0.717, 1.165) is 44.4 Å². The van der Waals surface area contributed by atoms with Gasteiger partial charge in [0, 0.05) is 64.3 Å². The summed E-state index contributed by atoms with van der Waals surface area (Å²) in [4.78, 5) is 24.5. The molecule has 1 aliphatic rings. The molecule has 1 atom stereocenters. The highest BCUT2D eigenvalue weighted by molar-refractivity contribution is 14.0. The molecule has 27 heavy (non-hydrogen) atoms. The number of likely N-dealkylation sites (N-methyl/N-ethyl adjacent to an activating group) is 1. The standard InChI is InChI=1S/C17H30N6O2S.HI/c1-14(16-18-5-11-26-16)12-20-17(21-13-15(24)22(2)3)19-4-6-23-7-9-25-10-8-23;/h5,11,14H,4,6-10,12-13H2,1-3H3,(H2,19,20,21);1H. The number of halogens is 1. The van der Waals surface area contributed by atoms with E-state index in [4.69, 9.17) is 4.74 Å². The molecule has 1 aliphatic heterocycles. The van der Waals surface area contributed by atoms with E-state index >= 15 is 0 Å². The summed E-state index contributed by atoms with van der Waals surface area (Å²) in [5, 5.41) is 9.74. The normalized spacial score (nSPS) is 16.3. The minimum absolute atomic E-state index is 0. The van der Waals surface area contributed by atoms with Gasteiger partial charge in [-0.05, 0) is 0 Å². The van der Waals surface area contributed by atoms with E-state index in [1.54, 1.807) is 30.3 Å². The number of carbonyl (C=O) groups is 1. The fourth-order valence-corrected chi connectivity index (χ4v) is 3.13. The molecule has 1 aromatic rings. The average Bonchev–Trinajstić information content (AvgIpc) is 3.18. The predicted molar refractivity (Wildman–Crippen MR) is 120 cm³/mol. The topological polar surface area (TPSA) is 82.1 Å². The Morgan fingerprint density at radius 2 is 2.15 bits per heavy atom. The summed E-state index contributed by atoms with van der Waals surface area (Å²) in [5.41, 5.74) is 0. The van der Waals surface area contributed by atoms with Crippen molar-refractivity contribution in [3.05, 3.63) is 16.6 Å². The average molecular weight is 510 g/mol. The van der Waals surface area contributed by atoms with E-state index in [0.29, 0.717) is 12.5 Å². The molecule has 1 amide bonds. The number of carbonyl (C=O) groups excluding carboxylic acids is 1. The highest BCUT2D eigenvalue weighted by Crippen LogP contribution is 2.16. The number of hydrogen-bond donors (Lipinski definition) is 2. The molecule has 1 aromatic heterocycles. The minimum atomic E-state index is -0.0211. The molecule has 0 radical (unpaired) electrons. The second-order valence-electron chi connectivity index (χ2n) is 6.49. The van der Waals surface area contributed by atoms with Crippen LogP contribution in [0, 0.1) is 0 Å². The maximum Gasteiger partial charge on any atom is 0.243 e. The first-order valence-corrected chi connectivity index (χ1v) is 9.86.